The van der Waals surface area contributed by atoms with Gasteiger partial charge < -0.3 is 28.4 Å². The summed E-state index contributed by atoms with van der Waals surface area (Å²) in [4.78, 5) is 31.2. The molecule has 0 aliphatic heterocycles. The van der Waals surface area contributed by atoms with E-state index in [2.05, 4.69) is 41.5 Å². The lowest BCUT2D eigenvalue weighted by atomic mass is 9.82. The summed E-state index contributed by atoms with van der Waals surface area (Å²) in [5.74, 6) is 1.93. The van der Waals surface area contributed by atoms with Crippen molar-refractivity contribution >= 4 is 11.6 Å². The van der Waals surface area contributed by atoms with Crippen molar-refractivity contribution in [2.24, 2.45) is 0 Å². The van der Waals surface area contributed by atoms with Crippen LogP contribution in [0.4, 0.5) is 0 Å². The van der Waals surface area contributed by atoms with E-state index in [0.29, 0.717) is 74.1 Å². The van der Waals surface area contributed by atoms with Crippen LogP contribution in [0.2, 0.25) is 0 Å². The van der Waals surface area contributed by atoms with Crippen molar-refractivity contribution in [3.63, 3.8) is 0 Å². The van der Waals surface area contributed by atoms with E-state index in [9.17, 15) is 0 Å². The van der Waals surface area contributed by atoms with Gasteiger partial charge >= 0.3 is 0 Å². The first-order valence-electron chi connectivity index (χ1n) is 31.8. The Bertz CT molecular complexity index is 1610. The molecule has 2 aromatic rings. The molecule has 2 aromatic carbocycles. The van der Waals surface area contributed by atoms with Gasteiger partial charge in [0, 0.05) is 11.1 Å². The molecule has 0 saturated carbocycles. The van der Waals surface area contributed by atoms with Gasteiger partial charge in [0.15, 0.2) is 34.6 Å². The summed E-state index contributed by atoms with van der Waals surface area (Å²) >= 11 is 0. The molecule has 0 N–H and O–H groups in total. The van der Waals surface area contributed by atoms with E-state index in [1.54, 1.807) is 12.1 Å². The Kier molecular flexibility index (Phi) is 38.3. The van der Waals surface area contributed by atoms with Gasteiger partial charge in [0.05, 0.1) is 50.8 Å². The zero-order valence-corrected chi connectivity index (χ0v) is 48.9. The maximum Gasteiger partial charge on any atom is 0.204 e. The number of unbranched alkanes of at least 4 members (excludes halogenated alkanes) is 34. The van der Waals surface area contributed by atoms with Gasteiger partial charge in [-0.25, -0.2) is 0 Å². The fourth-order valence-electron chi connectivity index (χ4n) is 10.1. The van der Waals surface area contributed by atoms with Crippen LogP contribution < -0.4 is 28.4 Å². The summed E-state index contributed by atoms with van der Waals surface area (Å²) in [5.41, 5.74) is 1.06. The molecule has 0 amide bonds. The van der Waals surface area contributed by atoms with Gasteiger partial charge in [0.25, 0.3) is 0 Å². The van der Waals surface area contributed by atoms with Crippen molar-refractivity contribution in [2.45, 2.75) is 298 Å². The zero-order chi connectivity index (χ0) is 53.1. The molecule has 0 atom stereocenters. The number of benzene rings is 2. The zero-order valence-electron chi connectivity index (χ0n) is 48.9. The van der Waals surface area contributed by atoms with Crippen molar-refractivity contribution in [3.8, 4) is 34.5 Å². The normalized spacial score (nSPS) is 12.0. The second-order valence-electron chi connectivity index (χ2n) is 21.7. The summed E-state index contributed by atoms with van der Waals surface area (Å²) in [6.07, 6.45) is 45.7. The van der Waals surface area contributed by atoms with Gasteiger partial charge in [-0.05, 0) is 50.7 Å². The summed E-state index contributed by atoms with van der Waals surface area (Å²) in [5, 5.41) is 0. The highest BCUT2D eigenvalue weighted by Gasteiger charge is 2.41. The molecule has 1 aliphatic rings. The average Bonchev–Trinajstić information content (AvgIpc) is 3.40. The second kappa shape index (κ2) is 43.7. The molecular weight excluding hydrogens is 921 g/mol. The van der Waals surface area contributed by atoms with Gasteiger partial charge in [-0.1, -0.05) is 260 Å². The van der Waals surface area contributed by atoms with Crippen molar-refractivity contribution in [1.82, 2.24) is 0 Å². The topological polar surface area (TPSA) is 89.5 Å². The third kappa shape index (κ3) is 25.6. The van der Waals surface area contributed by atoms with E-state index in [1.807, 2.05) is 0 Å². The van der Waals surface area contributed by atoms with Crippen molar-refractivity contribution in [2.75, 3.05) is 39.6 Å². The number of ether oxygens (including phenoxy) is 6. The van der Waals surface area contributed by atoms with Crippen LogP contribution in [0.25, 0.3) is 0 Å². The Morgan fingerprint density at radius 2 is 0.432 bits per heavy atom. The fraction of sp³-hybridized carbons (Fsp3) is 0.788. The number of hydrogen-bond acceptors (Lipinski definition) is 8. The van der Waals surface area contributed by atoms with Crippen LogP contribution in [0.1, 0.15) is 330 Å². The molecule has 0 fully saturated rings. The summed E-state index contributed by atoms with van der Waals surface area (Å²) in [6, 6.07) is 3.55. The number of carbonyl (C=O) groups is 2. The standard InChI is InChI=1S/C66H112O8/c1-7-13-19-25-31-33-39-45-51-73-65-59-55(53-57(69-47-41-35-27-21-15-9-3)63(65)71-49-43-37-29-23-17-11-5)62(68)60-56(61(59)67)54-58(70-48-42-36-28-22-16-10-4)64(72-50-44-38-30-24-18-12-6)66(60)74-52-46-40-34-32-26-20-14-8-2/h53-54H,7-52H2,1-6H3. The van der Waals surface area contributed by atoms with Gasteiger partial charge in [-0.3, -0.25) is 9.59 Å². The Morgan fingerprint density at radius 1 is 0.243 bits per heavy atom. The highest BCUT2D eigenvalue weighted by atomic mass is 16.5. The van der Waals surface area contributed by atoms with E-state index in [-0.39, 0.29) is 33.8 Å². The summed E-state index contributed by atoms with van der Waals surface area (Å²) in [7, 11) is 0. The Balaban J connectivity index is 2.16. The molecule has 3 rings (SSSR count). The minimum absolute atomic E-state index is 0.253. The molecule has 0 spiro atoms. The first kappa shape index (κ1) is 64.9. The molecule has 0 aromatic heterocycles. The number of ketones is 2. The van der Waals surface area contributed by atoms with Crippen molar-refractivity contribution in [3.05, 3.63) is 34.4 Å². The van der Waals surface area contributed by atoms with Crippen molar-refractivity contribution < 1.29 is 38.0 Å². The predicted octanol–water partition coefficient (Wildman–Crippen LogP) is 20.5. The highest BCUT2D eigenvalue weighted by molar-refractivity contribution is 6.31. The van der Waals surface area contributed by atoms with Gasteiger partial charge in [0.1, 0.15) is 0 Å². The van der Waals surface area contributed by atoms with Crippen LogP contribution in [0, 0.1) is 0 Å². The SMILES string of the molecule is CCCCCCCCCCOc1c(OCCCCCCCC)c(OCCCCCCCC)cc2c1C(=O)c1cc(OCCCCCCCC)c(OCCCCCCCC)c(OCCCCCCCCCC)c1C2=O. The number of carbonyl (C=O) groups excluding carboxylic acids is 2. The smallest absolute Gasteiger partial charge is 0.204 e. The minimum atomic E-state index is -0.281. The third-order valence-electron chi connectivity index (χ3n) is 14.8. The van der Waals surface area contributed by atoms with E-state index >= 15 is 9.59 Å². The van der Waals surface area contributed by atoms with E-state index < -0.39 is 0 Å². The van der Waals surface area contributed by atoms with Gasteiger partial charge in [0.2, 0.25) is 11.5 Å². The summed E-state index contributed by atoms with van der Waals surface area (Å²) < 4.78 is 40.4. The van der Waals surface area contributed by atoms with E-state index in [1.165, 1.54) is 141 Å². The molecular formula is C66H112O8. The first-order chi connectivity index (χ1) is 36.5. The molecule has 1 aliphatic carbocycles. The summed E-state index contributed by atoms with van der Waals surface area (Å²) in [6.45, 7) is 16.2. The second-order valence-corrected chi connectivity index (χ2v) is 21.7. The maximum absolute atomic E-state index is 15.6. The lowest BCUT2D eigenvalue weighted by Crippen LogP contribution is -2.25. The van der Waals surface area contributed by atoms with Crippen LogP contribution in [-0.2, 0) is 0 Å². The molecule has 0 saturated heterocycles. The third-order valence-corrected chi connectivity index (χ3v) is 14.8. The van der Waals surface area contributed by atoms with Crippen LogP contribution in [0.15, 0.2) is 12.1 Å². The number of fused-ring (bicyclic) bond motifs is 2. The maximum atomic E-state index is 15.6. The van der Waals surface area contributed by atoms with Gasteiger partial charge in [-0.2, -0.15) is 0 Å². The van der Waals surface area contributed by atoms with Gasteiger partial charge in [-0.15, -0.1) is 0 Å². The monoisotopic (exact) mass is 1030 g/mol. The fourth-order valence-corrected chi connectivity index (χ4v) is 10.1. The molecule has 0 heterocycles. The lowest BCUT2D eigenvalue weighted by molar-refractivity contribution is 0.0968. The predicted molar refractivity (Wildman–Crippen MR) is 311 cm³/mol. The van der Waals surface area contributed by atoms with Crippen LogP contribution in [-0.4, -0.2) is 51.2 Å². The molecule has 424 valence electrons. The molecule has 8 nitrogen and oxygen atoms in total. The average molecular weight is 1030 g/mol. The Morgan fingerprint density at radius 3 is 0.662 bits per heavy atom. The number of rotatable bonds is 52. The molecule has 0 bridgehead atoms. The highest BCUT2D eigenvalue weighted by Crippen LogP contribution is 2.51. The van der Waals surface area contributed by atoms with Crippen LogP contribution in [0.5, 0.6) is 34.5 Å². The number of hydrogen-bond donors (Lipinski definition) is 0. The molecule has 0 radical (unpaired) electrons. The first-order valence-corrected chi connectivity index (χ1v) is 31.8. The van der Waals surface area contributed by atoms with Crippen LogP contribution >= 0.6 is 0 Å². The Hall–Kier alpha value is -3.42. The Labute approximate surface area is 454 Å². The quantitative estimate of drug-likeness (QED) is 0.0517. The molecule has 74 heavy (non-hydrogen) atoms. The van der Waals surface area contributed by atoms with Crippen molar-refractivity contribution in [1.29, 1.82) is 0 Å². The van der Waals surface area contributed by atoms with E-state index in [0.717, 1.165) is 116 Å². The van der Waals surface area contributed by atoms with Crippen LogP contribution in [0.3, 0.4) is 0 Å². The lowest BCUT2D eigenvalue weighted by Gasteiger charge is -2.27. The van der Waals surface area contributed by atoms with E-state index in [4.69, 9.17) is 28.4 Å². The largest absolute Gasteiger partial charge is 0.490 e. The molecule has 8 heteroatoms. The molecule has 0 unspecified atom stereocenters. The minimum Gasteiger partial charge on any atom is -0.490 e.